The summed E-state index contributed by atoms with van der Waals surface area (Å²) in [5, 5.41) is 44.6. The van der Waals surface area contributed by atoms with Crippen molar-refractivity contribution in [3.63, 3.8) is 0 Å². The van der Waals surface area contributed by atoms with Crippen LogP contribution < -0.4 is 11.5 Å². The second kappa shape index (κ2) is 8.44. The van der Waals surface area contributed by atoms with Gasteiger partial charge in [0.15, 0.2) is 11.4 Å². The number of aromatic hydroxyl groups is 1. The van der Waals surface area contributed by atoms with Crippen molar-refractivity contribution in [1.82, 2.24) is 4.90 Å². The molecule has 0 heterocycles. The molecular formula is C28H29N3O7. The number of likely N-dealkylation sites (N-methyl/N-ethyl adjacent to an activating group) is 1. The van der Waals surface area contributed by atoms with E-state index in [1.165, 1.54) is 11.0 Å². The van der Waals surface area contributed by atoms with E-state index >= 15 is 0 Å². The number of nitrogens with two attached hydrogens (primary N) is 2. The number of fused-ring (bicyclic) bond motifs is 3. The average Bonchev–Trinajstić information content (AvgIpc) is 2.83. The molecule has 0 radical (unpaired) electrons. The van der Waals surface area contributed by atoms with Gasteiger partial charge >= 0.3 is 0 Å². The number of allylic oxidation sites excluding steroid dienone is 1. The van der Waals surface area contributed by atoms with Gasteiger partial charge in [-0.3, -0.25) is 19.3 Å². The van der Waals surface area contributed by atoms with Gasteiger partial charge in [-0.15, -0.1) is 0 Å². The van der Waals surface area contributed by atoms with E-state index < -0.39 is 58.0 Å². The van der Waals surface area contributed by atoms with E-state index in [9.17, 15) is 34.8 Å². The number of rotatable bonds is 3. The minimum absolute atomic E-state index is 0.0247. The first kappa shape index (κ1) is 25.5. The molecule has 3 aliphatic rings. The zero-order chi connectivity index (χ0) is 27.8. The first-order chi connectivity index (χ1) is 17.8. The zero-order valence-electron chi connectivity index (χ0n) is 21.1. The fourth-order valence-corrected chi connectivity index (χ4v) is 6.33. The molecule has 0 aliphatic heterocycles. The number of anilines is 1. The maximum atomic E-state index is 13.8. The number of primary amides is 1. The Morgan fingerprint density at radius 1 is 1.11 bits per heavy atom. The molecule has 0 fully saturated rings. The van der Waals surface area contributed by atoms with Gasteiger partial charge in [0.25, 0.3) is 5.91 Å². The maximum absolute atomic E-state index is 13.8. The van der Waals surface area contributed by atoms with Crippen LogP contribution in [0.5, 0.6) is 5.75 Å². The number of benzene rings is 2. The van der Waals surface area contributed by atoms with Crippen molar-refractivity contribution in [2.24, 2.45) is 17.6 Å². The maximum Gasteiger partial charge on any atom is 0.255 e. The van der Waals surface area contributed by atoms with E-state index in [1.54, 1.807) is 26.2 Å². The number of nitrogen functional groups attached to an aromatic ring is 1. The molecule has 10 nitrogen and oxygen atoms in total. The van der Waals surface area contributed by atoms with E-state index in [1.807, 2.05) is 19.1 Å². The van der Waals surface area contributed by atoms with Crippen LogP contribution in [0.1, 0.15) is 27.9 Å². The van der Waals surface area contributed by atoms with Gasteiger partial charge in [-0.05, 0) is 74.2 Å². The Kier molecular flexibility index (Phi) is 5.66. The second-order valence-corrected chi connectivity index (χ2v) is 10.5. The summed E-state index contributed by atoms with van der Waals surface area (Å²) in [6, 6.07) is 7.53. The molecule has 0 saturated carbocycles. The van der Waals surface area contributed by atoms with Crippen LogP contribution in [-0.4, -0.2) is 68.5 Å². The largest absolute Gasteiger partial charge is 0.510 e. The lowest BCUT2D eigenvalue weighted by Crippen LogP contribution is -2.63. The molecule has 38 heavy (non-hydrogen) atoms. The normalized spacial score (nSPS) is 26.8. The van der Waals surface area contributed by atoms with Crippen molar-refractivity contribution in [2.75, 3.05) is 19.8 Å². The lowest BCUT2D eigenvalue weighted by atomic mass is 9.58. The van der Waals surface area contributed by atoms with Crippen LogP contribution in [0.2, 0.25) is 0 Å². The number of phenols is 1. The molecule has 2 aromatic rings. The van der Waals surface area contributed by atoms with Gasteiger partial charge in [-0.1, -0.05) is 18.2 Å². The highest BCUT2D eigenvalue weighted by molar-refractivity contribution is 6.24. The standard InChI is InChI=1S/C28H29N3O7/c1-11-4-5-12(10-17(11)29)14-6-7-18(32)20-15(14)8-13-9-16-22(31(2)3)24(34)21(27(30)37)26(36)28(16,38)25(35)19(13)23(20)33/h4-7,10,13,16,22,32,34-35,38H,8-9,29H2,1-3H3,(H2,30,37)/t13-,16-,22+,28-/m0/s1. The number of phenolic OH excluding ortho intramolecular Hbond substituents is 1. The average molecular weight is 520 g/mol. The molecule has 3 aliphatic carbocycles. The highest BCUT2D eigenvalue weighted by atomic mass is 16.3. The Morgan fingerprint density at radius 2 is 1.79 bits per heavy atom. The molecular weight excluding hydrogens is 490 g/mol. The number of aryl methyl sites for hydroxylation is 1. The summed E-state index contributed by atoms with van der Waals surface area (Å²) in [5.74, 6) is -6.77. The molecule has 4 atom stereocenters. The Hall–Kier alpha value is -4.15. The third kappa shape index (κ3) is 3.30. The predicted octanol–water partition coefficient (Wildman–Crippen LogP) is 1.68. The predicted molar refractivity (Wildman–Crippen MR) is 138 cm³/mol. The smallest absolute Gasteiger partial charge is 0.255 e. The summed E-state index contributed by atoms with van der Waals surface area (Å²) in [6.45, 7) is 1.87. The molecule has 0 bridgehead atoms. The van der Waals surface area contributed by atoms with Crippen LogP contribution in [-0.2, 0) is 16.0 Å². The molecule has 0 saturated heterocycles. The minimum atomic E-state index is -2.66. The van der Waals surface area contributed by atoms with Crippen molar-refractivity contribution < 1.29 is 34.8 Å². The topological polar surface area (TPSA) is 187 Å². The van der Waals surface area contributed by atoms with Crippen LogP contribution in [0.3, 0.4) is 0 Å². The second-order valence-electron chi connectivity index (χ2n) is 10.5. The number of hydrogen-bond donors (Lipinski definition) is 6. The lowest BCUT2D eigenvalue weighted by Gasteiger charge is -2.50. The van der Waals surface area contributed by atoms with Crippen molar-refractivity contribution >= 4 is 23.2 Å². The number of aliphatic hydroxyl groups excluding tert-OH is 2. The van der Waals surface area contributed by atoms with Crippen LogP contribution in [0.25, 0.3) is 11.1 Å². The van der Waals surface area contributed by atoms with Gasteiger partial charge in [0.2, 0.25) is 5.78 Å². The van der Waals surface area contributed by atoms with Crippen molar-refractivity contribution in [3.8, 4) is 16.9 Å². The molecule has 0 spiro atoms. The van der Waals surface area contributed by atoms with Gasteiger partial charge in [-0.25, -0.2) is 0 Å². The SMILES string of the molecule is Cc1ccc(-c2ccc(O)c3c2C[C@H]2C[C@H]4[C@@H](N(C)C)C(O)=C(C(N)=O)C(=O)[C@@]4(O)C(O)=C2C3=O)cc1N. The lowest BCUT2D eigenvalue weighted by molar-refractivity contribution is -0.148. The summed E-state index contributed by atoms with van der Waals surface area (Å²) >= 11 is 0. The number of carbonyl (C=O) groups is 3. The fourth-order valence-electron chi connectivity index (χ4n) is 6.33. The van der Waals surface area contributed by atoms with E-state index in [0.29, 0.717) is 16.8 Å². The van der Waals surface area contributed by atoms with Gasteiger partial charge in [0.1, 0.15) is 22.8 Å². The highest BCUT2D eigenvalue weighted by Crippen LogP contribution is 2.53. The van der Waals surface area contributed by atoms with E-state index in [4.69, 9.17) is 11.5 Å². The quantitative estimate of drug-likeness (QED) is 0.259. The van der Waals surface area contributed by atoms with Crippen molar-refractivity contribution in [1.29, 1.82) is 0 Å². The van der Waals surface area contributed by atoms with Crippen LogP contribution >= 0.6 is 0 Å². The molecule has 0 aromatic heterocycles. The summed E-state index contributed by atoms with van der Waals surface area (Å²) < 4.78 is 0. The molecule has 8 N–H and O–H groups in total. The molecule has 0 unspecified atom stereocenters. The first-order valence-corrected chi connectivity index (χ1v) is 12.2. The van der Waals surface area contributed by atoms with Crippen LogP contribution in [0, 0.1) is 18.8 Å². The summed E-state index contributed by atoms with van der Waals surface area (Å²) in [7, 11) is 3.18. The third-order valence-corrected chi connectivity index (χ3v) is 8.20. The molecule has 10 heteroatoms. The number of nitrogens with zero attached hydrogens (tertiary/aromatic N) is 1. The minimum Gasteiger partial charge on any atom is -0.510 e. The molecule has 2 aromatic carbocycles. The number of aliphatic hydroxyl groups is 3. The Labute approximate surface area is 218 Å². The van der Waals surface area contributed by atoms with Gasteiger partial charge < -0.3 is 31.9 Å². The first-order valence-electron chi connectivity index (χ1n) is 12.2. The summed E-state index contributed by atoms with van der Waals surface area (Å²) in [6.07, 6.45) is 0.225. The zero-order valence-corrected chi connectivity index (χ0v) is 21.1. The Bertz CT molecular complexity index is 1510. The van der Waals surface area contributed by atoms with E-state index in [0.717, 1.165) is 11.1 Å². The third-order valence-electron chi connectivity index (χ3n) is 8.20. The molecule has 1 amide bonds. The Morgan fingerprint density at radius 3 is 2.39 bits per heavy atom. The van der Waals surface area contributed by atoms with Crippen molar-refractivity contribution in [2.45, 2.75) is 31.4 Å². The monoisotopic (exact) mass is 519 g/mol. The molecule has 198 valence electrons. The van der Waals surface area contributed by atoms with E-state index in [-0.39, 0.29) is 29.7 Å². The number of ketones is 2. The highest BCUT2D eigenvalue weighted by Gasteiger charge is 2.63. The van der Waals surface area contributed by atoms with Crippen LogP contribution in [0.15, 0.2) is 53.0 Å². The number of carbonyl (C=O) groups excluding carboxylic acids is 3. The number of amides is 1. The number of hydrogen-bond acceptors (Lipinski definition) is 9. The van der Waals surface area contributed by atoms with Crippen molar-refractivity contribution in [3.05, 3.63) is 69.7 Å². The van der Waals surface area contributed by atoms with Gasteiger partial charge in [0.05, 0.1) is 11.6 Å². The molecule has 5 rings (SSSR count). The van der Waals surface area contributed by atoms with E-state index in [2.05, 4.69) is 0 Å². The van der Waals surface area contributed by atoms with Gasteiger partial charge in [0, 0.05) is 17.2 Å². The number of Topliss-reactive ketones (excluding diaryl/α,β-unsaturated/α-hetero) is 2. The fraction of sp³-hybridized carbons (Fsp3) is 0.321. The summed E-state index contributed by atoms with van der Waals surface area (Å²) in [5.41, 5.74) is 11.2. The van der Waals surface area contributed by atoms with Crippen LogP contribution in [0.4, 0.5) is 5.69 Å². The summed E-state index contributed by atoms with van der Waals surface area (Å²) in [4.78, 5) is 40.8. The van der Waals surface area contributed by atoms with Gasteiger partial charge in [-0.2, -0.15) is 0 Å². The Balaban J connectivity index is 1.73.